The van der Waals surface area contributed by atoms with E-state index in [0.29, 0.717) is 24.9 Å². The molecule has 1 aliphatic carbocycles. The topological polar surface area (TPSA) is 124 Å². The van der Waals surface area contributed by atoms with Crippen LogP contribution in [0.4, 0.5) is 11.4 Å². The van der Waals surface area contributed by atoms with Gasteiger partial charge in [0.2, 0.25) is 5.88 Å². The molecule has 1 saturated heterocycles. The highest BCUT2D eigenvalue weighted by molar-refractivity contribution is 7.99. The van der Waals surface area contributed by atoms with Crippen molar-refractivity contribution in [3.05, 3.63) is 48.2 Å². The van der Waals surface area contributed by atoms with Crippen LogP contribution in [0, 0.1) is 5.41 Å². The number of hydrogen-bond acceptors (Lipinski definition) is 10. The van der Waals surface area contributed by atoms with Crippen LogP contribution in [0.1, 0.15) is 45.6 Å². The molecule has 10 nitrogen and oxygen atoms in total. The van der Waals surface area contributed by atoms with Gasteiger partial charge in [0, 0.05) is 30.8 Å². The van der Waals surface area contributed by atoms with Gasteiger partial charge in [-0.05, 0) is 43.2 Å². The zero-order valence-electron chi connectivity index (χ0n) is 23.3. The fourth-order valence-electron chi connectivity index (χ4n) is 4.43. The molecule has 0 spiro atoms. The van der Waals surface area contributed by atoms with E-state index in [4.69, 9.17) is 24.7 Å². The summed E-state index contributed by atoms with van der Waals surface area (Å²) in [5.41, 5.74) is 6.41. The first-order valence-electron chi connectivity index (χ1n) is 13.5. The standard InChI is InChI=1S/C29H38N6O4S/c1-28(2,3)24-13-25(34-39-24)32-20-7-5-19(6-8-20)22(30-4)15-35-18-40-27-23(35)9-10-26(33-27)38-17-29(11-12-29)31-14-21(37)16-36/h5-10,15,21,24,31,36-37H,4,11-14,16-18H2,1-3H3,(H,32,34)/b22-15-. The third-order valence-electron chi connectivity index (χ3n) is 7.28. The van der Waals surface area contributed by atoms with Gasteiger partial charge in [-0.15, -0.1) is 0 Å². The lowest BCUT2D eigenvalue weighted by molar-refractivity contribution is -0.0198. The number of hydroxylamine groups is 1. The van der Waals surface area contributed by atoms with E-state index in [2.05, 4.69) is 48.2 Å². The Morgan fingerprint density at radius 3 is 2.75 bits per heavy atom. The van der Waals surface area contributed by atoms with Crippen LogP contribution in [-0.4, -0.2) is 71.1 Å². The molecule has 214 valence electrons. The van der Waals surface area contributed by atoms with Crippen LogP contribution in [0.15, 0.2) is 57.6 Å². The van der Waals surface area contributed by atoms with E-state index in [9.17, 15) is 5.11 Å². The number of fused-ring (bicyclic) bond motifs is 1. The number of amidine groups is 1. The molecule has 2 aliphatic heterocycles. The molecule has 2 atom stereocenters. The molecule has 0 bridgehead atoms. The average Bonchev–Trinajstić information content (AvgIpc) is 3.35. The molecule has 11 heteroatoms. The number of aromatic nitrogens is 1. The van der Waals surface area contributed by atoms with Gasteiger partial charge in [0.1, 0.15) is 17.5 Å². The minimum absolute atomic E-state index is 0.0448. The third-order valence-corrected chi connectivity index (χ3v) is 8.26. The number of thioether (sulfide) groups is 1. The molecule has 3 aliphatic rings. The van der Waals surface area contributed by atoms with Gasteiger partial charge >= 0.3 is 0 Å². The maximum absolute atomic E-state index is 9.61. The van der Waals surface area contributed by atoms with Crippen molar-refractivity contribution in [2.24, 2.45) is 15.4 Å². The number of rotatable bonds is 11. The Morgan fingerprint density at radius 2 is 2.10 bits per heavy atom. The number of nitrogens with zero attached hydrogens (tertiary/aromatic N) is 4. The van der Waals surface area contributed by atoms with Gasteiger partial charge in [0.15, 0.2) is 0 Å². The van der Waals surface area contributed by atoms with Crippen molar-refractivity contribution in [2.45, 2.75) is 62.8 Å². The van der Waals surface area contributed by atoms with E-state index < -0.39 is 6.10 Å². The van der Waals surface area contributed by atoms with Gasteiger partial charge in [-0.3, -0.25) is 15.3 Å². The number of nitrogens with one attached hydrogen (secondary N) is 2. The molecule has 1 aromatic carbocycles. The second-order valence-electron chi connectivity index (χ2n) is 11.6. The molecule has 1 aromatic heterocycles. The number of aliphatic hydroxyl groups excluding tert-OH is 2. The SMILES string of the molecule is C=N/C(=C\N1CSc2nc(OCC3(NCC(O)CO)CC3)ccc21)c1ccc(N=C2CC(C(C)(C)C)ON2)cc1. The summed E-state index contributed by atoms with van der Waals surface area (Å²) in [7, 11) is 0. The maximum Gasteiger partial charge on any atom is 0.214 e. The maximum atomic E-state index is 9.61. The second-order valence-corrected chi connectivity index (χ2v) is 12.5. The number of β-amino-alcohol motifs (C(OH)–C–C–N with tert-alkyl or cyclic N) is 1. The molecular formula is C29H38N6O4S. The quantitative estimate of drug-likeness (QED) is 0.300. The Bertz CT molecular complexity index is 1270. The van der Waals surface area contributed by atoms with Crippen molar-refractivity contribution in [2.75, 3.05) is 30.5 Å². The van der Waals surface area contributed by atoms with Crippen molar-refractivity contribution in [1.29, 1.82) is 0 Å². The fraction of sp³-hybridized carbons (Fsp3) is 0.483. The molecule has 4 N–H and O–H groups in total. The summed E-state index contributed by atoms with van der Waals surface area (Å²) >= 11 is 1.64. The highest BCUT2D eigenvalue weighted by Gasteiger charge is 2.43. The van der Waals surface area contributed by atoms with Crippen LogP contribution in [-0.2, 0) is 4.84 Å². The predicted octanol–water partition coefficient (Wildman–Crippen LogP) is 3.87. The van der Waals surface area contributed by atoms with Crippen molar-refractivity contribution in [1.82, 2.24) is 15.8 Å². The summed E-state index contributed by atoms with van der Waals surface area (Å²) in [4.78, 5) is 21.5. The van der Waals surface area contributed by atoms with Crippen molar-refractivity contribution >= 4 is 41.4 Å². The number of pyridine rings is 1. The van der Waals surface area contributed by atoms with E-state index in [1.165, 1.54) is 0 Å². The Labute approximate surface area is 239 Å². The summed E-state index contributed by atoms with van der Waals surface area (Å²) in [5, 5.41) is 22.8. The summed E-state index contributed by atoms with van der Waals surface area (Å²) < 4.78 is 6.00. The third kappa shape index (κ3) is 6.84. The first-order chi connectivity index (χ1) is 19.2. The summed E-state index contributed by atoms with van der Waals surface area (Å²) in [5.74, 6) is 2.11. The molecule has 40 heavy (non-hydrogen) atoms. The number of ether oxygens (including phenoxy) is 1. The van der Waals surface area contributed by atoms with Crippen LogP contribution in [0.2, 0.25) is 0 Å². The van der Waals surface area contributed by atoms with Crippen LogP contribution < -0.4 is 20.4 Å². The zero-order chi connectivity index (χ0) is 28.3. The Morgan fingerprint density at radius 1 is 1.32 bits per heavy atom. The van der Waals surface area contributed by atoms with Crippen molar-refractivity contribution in [3.63, 3.8) is 0 Å². The molecule has 2 unspecified atom stereocenters. The molecule has 3 heterocycles. The predicted molar refractivity (Wildman–Crippen MR) is 159 cm³/mol. The van der Waals surface area contributed by atoms with Crippen LogP contribution in [0.25, 0.3) is 5.70 Å². The van der Waals surface area contributed by atoms with Crippen molar-refractivity contribution < 1.29 is 19.8 Å². The smallest absolute Gasteiger partial charge is 0.214 e. The Balaban J connectivity index is 1.21. The lowest BCUT2D eigenvalue weighted by Crippen LogP contribution is -2.42. The van der Waals surface area contributed by atoms with E-state index in [0.717, 1.165) is 52.8 Å². The summed E-state index contributed by atoms with van der Waals surface area (Å²) in [6.07, 6.45) is 4.01. The average molecular weight is 567 g/mol. The van der Waals surface area contributed by atoms with Crippen LogP contribution in [0.5, 0.6) is 5.88 Å². The molecular weight excluding hydrogens is 528 g/mol. The lowest BCUT2D eigenvalue weighted by Gasteiger charge is -2.23. The van der Waals surface area contributed by atoms with E-state index in [1.54, 1.807) is 11.8 Å². The van der Waals surface area contributed by atoms with Gasteiger partial charge in [0.05, 0.1) is 47.3 Å². The number of benzene rings is 1. The second kappa shape index (κ2) is 11.9. The van der Waals surface area contributed by atoms with Gasteiger partial charge in [-0.1, -0.05) is 44.7 Å². The number of hydrogen-bond donors (Lipinski definition) is 4. The molecule has 2 fully saturated rings. The number of aliphatic hydroxyl groups is 2. The molecule has 0 radical (unpaired) electrons. The van der Waals surface area contributed by atoms with Crippen LogP contribution in [0.3, 0.4) is 0 Å². The summed E-state index contributed by atoms with van der Waals surface area (Å²) in [6.45, 7) is 10.8. The largest absolute Gasteiger partial charge is 0.476 e. The Kier molecular flexibility index (Phi) is 8.48. The fourth-order valence-corrected chi connectivity index (χ4v) is 5.39. The normalized spacial score (nSPS) is 21.7. The monoisotopic (exact) mass is 566 g/mol. The molecule has 5 rings (SSSR count). The van der Waals surface area contributed by atoms with E-state index in [1.807, 2.05) is 42.6 Å². The first kappa shape index (κ1) is 28.6. The first-order valence-corrected chi connectivity index (χ1v) is 14.5. The van der Waals surface area contributed by atoms with Gasteiger partial charge in [-0.2, -0.15) is 0 Å². The number of anilines is 1. The lowest BCUT2D eigenvalue weighted by atomic mass is 9.87. The summed E-state index contributed by atoms with van der Waals surface area (Å²) in [6, 6.07) is 11.8. The van der Waals surface area contributed by atoms with Crippen LogP contribution >= 0.6 is 11.8 Å². The van der Waals surface area contributed by atoms with E-state index >= 15 is 0 Å². The molecule has 1 saturated carbocycles. The minimum Gasteiger partial charge on any atom is -0.476 e. The highest BCUT2D eigenvalue weighted by Crippen LogP contribution is 2.40. The Hall–Kier alpha value is -2.96. The van der Waals surface area contributed by atoms with Gasteiger partial charge in [-0.25, -0.2) is 9.98 Å². The van der Waals surface area contributed by atoms with Gasteiger partial charge < -0.3 is 25.2 Å². The molecule has 0 amide bonds. The van der Waals surface area contributed by atoms with E-state index in [-0.39, 0.29) is 23.7 Å². The number of aliphatic imine (C=N–C) groups is 2. The zero-order valence-corrected chi connectivity index (χ0v) is 24.1. The molecule has 2 aromatic rings. The highest BCUT2D eigenvalue weighted by atomic mass is 32.2. The van der Waals surface area contributed by atoms with Gasteiger partial charge in [0.25, 0.3) is 0 Å². The van der Waals surface area contributed by atoms with Crippen molar-refractivity contribution in [3.8, 4) is 5.88 Å². The minimum atomic E-state index is -0.765.